The Kier molecular flexibility index (Phi) is 7.39. The fourth-order valence-corrected chi connectivity index (χ4v) is 3.99. The van der Waals surface area contributed by atoms with Crippen LogP contribution in [-0.4, -0.2) is 52.4 Å². The molecule has 10 nitrogen and oxygen atoms in total. The third kappa shape index (κ3) is 7.35. The highest BCUT2D eigenvalue weighted by molar-refractivity contribution is 7.52. The summed E-state index contributed by atoms with van der Waals surface area (Å²) in [6.07, 6.45) is -1.68. The number of benzene rings is 2. The van der Waals surface area contributed by atoms with E-state index in [1.807, 2.05) is 0 Å². The minimum absolute atomic E-state index is 0.128. The van der Waals surface area contributed by atoms with Crippen LogP contribution in [0.4, 0.5) is 0 Å². The Morgan fingerprint density at radius 2 is 0.964 bits per heavy atom. The van der Waals surface area contributed by atoms with Crippen molar-refractivity contribution in [2.75, 3.05) is 12.6 Å². The predicted molar refractivity (Wildman–Crippen MR) is 101 cm³/mol. The second-order valence-corrected chi connectivity index (χ2v) is 9.42. The van der Waals surface area contributed by atoms with E-state index < -0.39 is 27.8 Å². The molecule has 0 unspecified atom stereocenters. The first-order valence-corrected chi connectivity index (χ1v) is 11.7. The molecule has 0 saturated heterocycles. The summed E-state index contributed by atoms with van der Waals surface area (Å²) in [4.78, 5) is 37.8. The number of para-hydroxylation sites is 2. The van der Waals surface area contributed by atoms with Crippen LogP contribution in [0.15, 0.2) is 48.5 Å². The van der Waals surface area contributed by atoms with Gasteiger partial charge in [-0.15, -0.1) is 0 Å². The summed E-state index contributed by atoms with van der Waals surface area (Å²) in [5.74, 6) is -0.256. The SMILES string of the molecule is O=P(O)(O)CN(Cc1ccccc1O)N(Cc1ccccc1O)CP(=O)(O)O. The number of hydrazine groups is 1. The Hall–Kier alpha value is -1.74. The van der Waals surface area contributed by atoms with Crippen molar-refractivity contribution in [3.8, 4) is 11.5 Å². The van der Waals surface area contributed by atoms with Crippen LogP contribution in [0.3, 0.4) is 0 Å². The molecule has 0 atom stereocenters. The Labute approximate surface area is 161 Å². The number of aromatic hydroxyl groups is 2. The zero-order chi connectivity index (χ0) is 20.9. The molecule has 0 fully saturated rings. The maximum Gasteiger partial charge on any atom is 0.340 e. The lowest BCUT2D eigenvalue weighted by atomic mass is 10.2. The van der Waals surface area contributed by atoms with Crippen LogP contribution in [0.25, 0.3) is 0 Å². The molecule has 0 aromatic heterocycles. The van der Waals surface area contributed by atoms with Crippen LogP contribution in [-0.2, 0) is 22.2 Å². The van der Waals surface area contributed by atoms with Crippen molar-refractivity contribution in [2.24, 2.45) is 0 Å². The molecule has 0 bridgehead atoms. The molecule has 2 rings (SSSR count). The van der Waals surface area contributed by atoms with Gasteiger partial charge in [0.25, 0.3) is 0 Å². The fourth-order valence-electron chi connectivity index (χ4n) is 2.59. The Morgan fingerprint density at radius 3 is 1.25 bits per heavy atom. The van der Waals surface area contributed by atoms with E-state index in [0.717, 1.165) is 10.0 Å². The minimum atomic E-state index is -4.62. The van der Waals surface area contributed by atoms with Gasteiger partial charge >= 0.3 is 15.2 Å². The van der Waals surface area contributed by atoms with Gasteiger partial charge in [0.15, 0.2) is 0 Å². The number of rotatable bonds is 9. The van der Waals surface area contributed by atoms with Crippen molar-refractivity contribution >= 4 is 15.2 Å². The van der Waals surface area contributed by atoms with Gasteiger partial charge in [-0.05, 0) is 12.1 Å². The van der Waals surface area contributed by atoms with Crippen molar-refractivity contribution in [2.45, 2.75) is 13.1 Å². The van der Waals surface area contributed by atoms with Crippen molar-refractivity contribution in [1.29, 1.82) is 0 Å². The average molecular weight is 432 g/mol. The molecule has 154 valence electrons. The van der Waals surface area contributed by atoms with Gasteiger partial charge in [-0.2, -0.15) is 0 Å². The zero-order valence-corrected chi connectivity index (χ0v) is 16.5. The van der Waals surface area contributed by atoms with E-state index in [-0.39, 0.29) is 24.6 Å². The molecule has 0 amide bonds. The van der Waals surface area contributed by atoms with Gasteiger partial charge in [-0.25, -0.2) is 10.0 Å². The average Bonchev–Trinajstić information content (AvgIpc) is 2.55. The second-order valence-electron chi connectivity index (χ2n) is 6.20. The molecule has 0 spiro atoms. The highest BCUT2D eigenvalue weighted by atomic mass is 31.2. The van der Waals surface area contributed by atoms with Gasteiger partial charge in [0.05, 0.1) is 0 Å². The maximum atomic E-state index is 11.6. The van der Waals surface area contributed by atoms with Crippen molar-refractivity contribution < 1.29 is 38.9 Å². The molecule has 0 radical (unpaired) electrons. The van der Waals surface area contributed by atoms with Gasteiger partial charge in [-0.3, -0.25) is 9.13 Å². The monoisotopic (exact) mass is 432 g/mol. The molecular formula is C16H22N2O8P2. The van der Waals surface area contributed by atoms with Crippen LogP contribution >= 0.6 is 15.2 Å². The molecule has 2 aromatic carbocycles. The van der Waals surface area contributed by atoms with E-state index in [1.165, 1.54) is 24.3 Å². The van der Waals surface area contributed by atoms with E-state index in [2.05, 4.69) is 0 Å². The molecule has 0 aliphatic heterocycles. The van der Waals surface area contributed by atoms with Crippen LogP contribution in [0, 0.1) is 0 Å². The third-order valence-corrected chi connectivity index (χ3v) is 5.17. The summed E-state index contributed by atoms with van der Waals surface area (Å²) in [6, 6.07) is 12.2. The smallest absolute Gasteiger partial charge is 0.340 e. The van der Waals surface area contributed by atoms with Gasteiger partial charge in [0, 0.05) is 24.2 Å². The lowest BCUT2D eigenvalue weighted by Crippen LogP contribution is -2.42. The number of hydrogen-bond donors (Lipinski definition) is 6. The van der Waals surface area contributed by atoms with Crippen LogP contribution in [0.1, 0.15) is 11.1 Å². The molecule has 6 N–H and O–H groups in total. The summed E-state index contributed by atoms with van der Waals surface area (Å²) >= 11 is 0. The predicted octanol–water partition coefficient (Wildman–Crippen LogP) is 1.59. The van der Waals surface area contributed by atoms with Crippen molar-refractivity contribution in [1.82, 2.24) is 10.0 Å². The van der Waals surface area contributed by atoms with E-state index in [0.29, 0.717) is 11.1 Å². The molecule has 0 heterocycles. The van der Waals surface area contributed by atoms with Gasteiger partial charge in [0.2, 0.25) is 0 Å². The summed E-state index contributed by atoms with van der Waals surface area (Å²) < 4.78 is 23.3. The quantitative estimate of drug-likeness (QED) is 0.253. The van der Waals surface area contributed by atoms with Gasteiger partial charge in [-0.1, -0.05) is 36.4 Å². The van der Waals surface area contributed by atoms with E-state index in [4.69, 9.17) is 0 Å². The summed E-state index contributed by atoms with van der Waals surface area (Å²) in [5, 5.41) is 22.1. The summed E-state index contributed by atoms with van der Waals surface area (Å²) in [7, 11) is -9.25. The highest BCUT2D eigenvalue weighted by Gasteiger charge is 2.30. The first kappa shape index (κ1) is 22.5. The lowest BCUT2D eigenvalue weighted by Gasteiger charge is -2.35. The number of hydrogen-bond acceptors (Lipinski definition) is 6. The molecular weight excluding hydrogens is 410 g/mol. The third-order valence-electron chi connectivity index (χ3n) is 3.78. The number of nitrogens with zero attached hydrogens (tertiary/aromatic N) is 2. The van der Waals surface area contributed by atoms with Crippen LogP contribution in [0.5, 0.6) is 11.5 Å². The molecule has 2 aromatic rings. The van der Waals surface area contributed by atoms with Crippen molar-refractivity contribution in [3.63, 3.8) is 0 Å². The molecule has 12 heteroatoms. The highest BCUT2D eigenvalue weighted by Crippen LogP contribution is 2.41. The van der Waals surface area contributed by atoms with E-state index >= 15 is 0 Å². The first-order valence-electron chi connectivity index (χ1n) is 8.07. The lowest BCUT2D eigenvalue weighted by molar-refractivity contribution is -0.0172. The minimum Gasteiger partial charge on any atom is -0.508 e. The van der Waals surface area contributed by atoms with Gasteiger partial charge in [0.1, 0.15) is 24.1 Å². The van der Waals surface area contributed by atoms with Crippen molar-refractivity contribution in [3.05, 3.63) is 59.7 Å². The molecule has 0 aliphatic rings. The maximum absolute atomic E-state index is 11.6. The zero-order valence-electron chi connectivity index (χ0n) is 14.7. The first-order chi connectivity index (χ1) is 12.9. The van der Waals surface area contributed by atoms with Gasteiger partial charge < -0.3 is 29.8 Å². The summed E-state index contributed by atoms with van der Waals surface area (Å²) in [6.45, 7) is -0.434. The number of phenols is 2. The second kappa shape index (κ2) is 9.17. The molecule has 0 aliphatic carbocycles. The Morgan fingerprint density at radius 1 is 0.643 bits per heavy atom. The van der Waals surface area contributed by atoms with Crippen LogP contribution in [0.2, 0.25) is 0 Å². The molecule has 28 heavy (non-hydrogen) atoms. The normalized spacial score (nSPS) is 12.6. The van der Waals surface area contributed by atoms with E-state index in [9.17, 15) is 38.9 Å². The Bertz CT molecular complexity index is 824. The van der Waals surface area contributed by atoms with E-state index in [1.54, 1.807) is 24.3 Å². The summed E-state index contributed by atoms with van der Waals surface area (Å²) in [5.41, 5.74) is 0.618. The Balaban J connectivity index is 2.41. The fraction of sp³-hybridized carbons (Fsp3) is 0.250. The largest absolute Gasteiger partial charge is 0.508 e. The van der Waals surface area contributed by atoms with Crippen LogP contribution < -0.4 is 0 Å². The number of phenolic OH excluding ortho intramolecular Hbond substituents is 2. The standard InChI is InChI=1S/C16H22N2O8P2/c19-15-7-3-1-5-13(15)9-17(11-27(21,22)23)18(12-28(24,25)26)10-14-6-2-4-8-16(14)20/h1-8,19-20H,9-12H2,(H2,21,22,23)(H2,24,25,26). The molecule has 0 saturated carbocycles. The topological polar surface area (TPSA) is 162 Å².